The van der Waals surface area contributed by atoms with E-state index < -0.39 is 0 Å². The summed E-state index contributed by atoms with van der Waals surface area (Å²) in [6.45, 7) is 3.44. The highest BCUT2D eigenvalue weighted by molar-refractivity contribution is 5.79. The molecule has 2 rings (SSSR count). The number of hydrogen-bond acceptors (Lipinski definition) is 1. The molecular formula is C18H22FN3. The van der Waals surface area contributed by atoms with Crippen molar-refractivity contribution in [3.05, 3.63) is 71.0 Å². The largest absolute Gasteiger partial charge is 0.356 e. The summed E-state index contributed by atoms with van der Waals surface area (Å²) in [4.78, 5) is 4.19. The van der Waals surface area contributed by atoms with Crippen LogP contribution in [0.2, 0.25) is 0 Å². The van der Waals surface area contributed by atoms with Gasteiger partial charge < -0.3 is 10.6 Å². The predicted molar refractivity (Wildman–Crippen MR) is 89.5 cm³/mol. The van der Waals surface area contributed by atoms with Crippen molar-refractivity contribution in [2.45, 2.75) is 19.9 Å². The maximum atomic E-state index is 13.5. The average molecular weight is 299 g/mol. The molecule has 2 N–H and O–H groups in total. The number of aliphatic imine (C=N–C) groups is 1. The highest BCUT2D eigenvalue weighted by Gasteiger charge is 2.02. The fourth-order valence-electron chi connectivity index (χ4n) is 2.22. The van der Waals surface area contributed by atoms with Crippen molar-refractivity contribution in [2.75, 3.05) is 13.6 Å². The summed E-state index contributed by atoms with van der Waals surface area (Å²) in [6, 6.07) is 15.1. The third kappa shape index (κ3) is 4.58. The smallest absolute Gasteiger partial charge is 0.191 e. The second-order valence-electron chi connectivity index (χ2n) is 5.12. The van der Waals surface area contributed by atoms with Crippen molar-refractivity contribution in [2.24, 2.45) is 4.99 Å². The standard InChI is InChI=1S/C18H22FN3/c1-14-7-3-4-9-16(14)13-22-18(20-2)21-12-11-15-8-5-6-10-17(15)19/h3-10H,11-13H2,1-2H3,(H2,20,21,22). The first kappa shape index (κ1) is 16.0. The molecule has 0 heterocycles. The lowest BCUT2D eigenvalue weighted by atomic mass is 10.1. The van der Waals surface area contributed by atoms with Gasteiger partial charge in [-0.1, -0.05) is 42.5 Å². The minimum Gasteiger partial charge on any atom is -0.356 e. The van der Waals surface area contributed by atoms with E-state index in [1.807, 2.05) is 18.2 Å². The van der Waals surface area contributed by atoms with Crippen LogP contribution in [0.3, 0.4) is 0 Å². The van der Waals surface area contributed by atoms with E-state index >= 15 is 0 Å². The Kier molecular flexibility index (Phi) is 5.95. The molecule has 0 aliphatic heterocycles. The summed E-state index contributed by atoms with van der Waals surface area (Å²) in [5, 5.41) is 6.48. The molecule has 0 saturated heterocycles. The molecule has 0 aliphatic rings. The molecule has 0 amide bonds. The Balaban J connectivity index is 1.81. The van der Waals surface area contributed by atoms with Gasteiger partial charge in [0.15, 0.2) is 5.96 Å². The minimum atomic E-state index is -0.160. The van der Waals surface area contributed by atoms with Crippen LogP contribution in [0.1, 0.15) is 16.7 Å². The fourth-order valence-corrected chi connectivity index (χ4v) is 2.22. The molecule has 2 aromatic rings. The lowest BCUT2D eigenvalue weighted by Crippen LogP contribution is -2.38. The molecule has 22 heavy (non-hydrogen) atoms. The fraction of sp³-hybridized carbons (Fsp3) is 0.278. The van der Waals surface area contributed by atoms with E-state index in [1.54, 1.807) is 19.2 Å². The van der Waals surface area contributed by atoms with Crippen LogP contribution in [-0.2, 0) is 13.0 Å². The topological polar surface area (TPSA) is 36.4 Å². The van der Waals surface area contributed by atoms with Crippen LogP contribution in [0.25, 0.3) is 0 Å². The van der Waals surface area contributed by atoms with Crippen LogP contribution in [0.5, 0.6) is 0 Å². The third-order valence-corrected chi connectivity index (χ3v) is 3.58. The molecule has 0 fully saturated rings. The van der Waals surface area contributed by atoms with Gasteiger partial charge in [-0.25, -0.2) is 4.39 Å². The highest BCUT2D eigenvalue weighted by atomic mass is 19.1. The lowest BCUT2D eigenvalue weighted by Gasteiger charge is -2.13. The van der Waals surface area contributed by atoms with Gasteiger partial charge in [0.25, 0.3) is 0 Å². The maximum Gasteiger partial charge on any atom is 0.191 e. The number of halogens is 1. The molecule has 116 valence electrons. The van der Waals surface area contributed by atoms with Crippen LogP contribution >= 0.6 is 0 Å². The molecule has 3 nitrogen and oxygen atoms in total. The van der Waals surface area contributed by atoms with Gasteiger partial charge in [0.05, 0.1) is 0 Å². The summed E-state index contributed by atoms with van der Waals surface area (Å²) >= 11 is 0. The monoisotopic (exact) mass is 299 g/mol. The molecular weight excluding hydrogens is 277 g/mol. The van der Waals surface area contributed by atoms with Gasteiger partial charge in [0.1, 0.15) is 5.82 Å². The first-order chi connectivity index (χ1) is 10.7. The average Bonchev–Trinajstić information content (AvgIpc) is 2.54. The van der Waals surface area contributed by atoms with Crippen molar-refractivity contribution < 1.29 is 4.39 Å². The Hall–Kier alpha value is -2.36. The third-order valence-electron chi connectivity index (χ3n) is 3.58. The highest BCUT2D eigenvalue weighted by Crippen LogP contribution is 2.07. The van der Waals surface area contributed by atoms with Crippen molar-refractivity contribution in [3.8, 4) is 0 Å². The first-order valence-corrected chi connectivity index (χ1v) is 7.43. The molecule has 0 radical (unpaired) electrons. The van der Waals surface area contributed by atoms with Crippen molar-refractivity contribution in [3.63, 3.8) is 0 Å². The van der Waals surface area contributed by atoms with E-state index in [1.165, 1.54) is 17.2 Å². The number of hydrogen-bond donors (Lipinski definition) is 2. The Bertz CT molecular complexity index is 638. The summed E-state index contributed by atoms with van der Waals surface area (Å²) < 4.78 is 13.5. The lowest BCUT2D eigenvalue weighted by molar-refractivity contribution is 0.606. The van der Waals surface area contributed by atoms with Crippen LogP contribution < -0.4 is 10.6 Å². The quantitative estimate of drug-likeness (QED) is 0.657. The van der Waals surface area contributed by atoms with Gasteiger partial charge in [-0.05, 0) is 36.1 Å². The number of nitrogens with zero attached hydrogens (tertiary/aromatic N) is 1. The molecule has 0 aromatic heterocycles. The SMILES string of the molecule is CN=C(NCCc1ccccc1F)NCc1ccccc1C. The van der Waals surface area contributed by atoms with E-state index in [2.05, 4.69) is 34.7 Å². The second kappa shape index (κ2) is 8.17. The summed E-state index contributed by atoms with van der Waals surface area (Å²) in [7, 11) is 1.73. The zero-order valence-corrected chi connectivity index (χ0v) is 13.1. The molecule has 0 atom stereocenters. The zero-order chi connectivity index (χ0) is 15.8. The van der Waals surface area contributed by atoms with E-state index in [-0.39, 0.29) is 5.82 Å². The normalized spacial score (nSPS) is 11.3. The van der Waals surface area contributed by atoms with Gasteiger partial charge in [0, 0.05) is 20.1 Å². The molecule has 0 unspecified atom stereocenters. The van der Waals surface area contributed by atoms with Crippen LogP contribution in [-0.4, -0.2) is 19.6 Å². The Morgan fingerprint density at radius 1 is 1.00 bits per heavy atom. The van der Waals surface area contributed by atoms with Crippen molar-refractivity contribution in [1.82, 2.24) is 10.6 Å². The van der Waals surface area contributed by atoms with Crippen LogP contribution in [0, 0.1) is 12.7 Å². The minimum absolute atomic E-state index is 0.160. The summed E-state index contributed by atoms with van der Waals surface area (Å²) in [5.74, 6) is 0.562. The molecule has 0 saturated carbocycles. The first-order valence-electron chi connectivity index (χ1n) is 7.43. The van der Waals surface area contributed by atoms with Crippen molar-refractivity contribution >= 4 is 5.96 Å². The van der Waals surface area contributed by atoms with Gasteiger partial charge in [-0.15, -0.1) is 0 Å². The number of aryl methyl sites for hydroxylation is 1. The molecule has 4 heteroatoms. The van der Waals surface area contributed by atoms with Gasteiger partial charge in [-0.3, -0.25) is 4.99 Å². The zero-order valence-electron chi connectivity index (χ0n) is 13.1. The van der Waals surface area contributed by atoms with Gasteiger partial charge in [0.2, 0.25) is 0 Å². The number of rotatable bonds is 5. The Morgan fingerprint density at radius 2 is 1.68 bits per heavy atom. The predicted octanol–water partition coefficient (Wildman–Crippen LogP) is 3.04. The van der Waals surface area contributed by atoms with E-state index in [9.17, 15) is 4.39 Å². The second-order valence-corrected chi connectivity index (χ2v) is 5.12. The van der Waals surface area contributed by atoms with Gasteiger partial charge >= 0.3 is 0 Å². The number of benzene rings is 2. The molecule has 0 aliphatic carbocycles. The molecule has 0 bridgehead atoms. The Labute approximate surface area is 131 Å². The van der Waals surface area contributed by atoms with E-state index in [0.717, 1.165) is 5.96 Å². The summed E-state index contributed by atoms with van der Waals surface area (Å²) in [5.41, 5.74) is 3.20. The van der Waals surface area contributed by atoms with Crippen LogP contribution in [0.15, 0.2) is 53.5 Å². The number of nitrogens with one attached hydrogen (secondary N) is 2. The summed E-state index contributed by atoms with van der Waals surface area (Å²) in [6.07, 6.45) is 0.623. The van der Waals surface area contributed by atoms with Gasteiger partial charge in [-0.2, -0.15) is 0 Å². The van der Waals surface area contributed by atoms with Crippen molar-refractivity contribution in [1.29, 1.82) is 0 Å². The maximum absolute atomic E-state index is 13.5. The molecule has 2 aromatic carbocycles. The molecule has 0 spiro atoms. The van der Waals surface area contributed by atoms with Crippen LogP contribution in [0.4, 0.5) is 4.39 Å². The Morgan fingerprint density at radius 3 is 2.36 bits per heavy atom. The number of guanidine groups is 1. The van der Waals surface area contributed by atoms with E-state index in [0.29, 0.717) is 25.1 Å². The van der Waals surface area contributed by atoms with E-state index in [4.69, 9.17) is 0 Å².